The van der Waals surface area contributed by atoms with Crippen LogP contribution in [-0.2, 0) is 24.6 Å². The van der Waals surface area contributed by atoms with Crippen molar-refractivity contribution in [2.24, 2.45) is 5.14 Å². The minimum absolute atomic E-state index is 0. The molecule has 7 nitrogen and oxygen atoms in total. The number of nitrogens with one attached hydrogen (secondary N) is 1. The van der Waals surface area contributed by atoms with Gasteiger partial charge in [0.2, 0.25) is 10.0 Å². The molecule has 0 spiro atoms. The Hall–Kier alpha value is -0.230. The number of halogens is 1. The largest absolute Gasteiger partial charge is 0.383 e. The van der Waals surface area contributed by atoms with Gasteiger partial charge in [-0.2, -0.15) is 0 Å². The van der Waals surface area contributed by atoms with Gasteiger partial charge in [-0.3, -0.25) is 0 Å². The van der Waals surface area contributed by atoms with Crippen molar-refractivity contribution in [1.29, 1.82) is 0 Å². The molecule has 11 heteroatoms. The van der Waals surface area contributed by atoms with Crippen LogP contribution in [0.1, 0.15) is 44.7 Å². The van der Waals surface area contributed by atoms with E-state index in [9.17, 15) is 16.8 Å². The molecule has 0 radical (unpaired) electrons. The van der Waals surface area contributed by atoms with Crippen molar-refractivity contribution < 1.29 is 21.6 Å². The number of rotatable bonds is 7. The zero-order valence-corrected chi connectivity index (χ0v) is 17.7. The zero-order chi connectivity index (χ0) is 18.2. The van der Waals surface area contributed by atoms with Crippen molar-refractivity contribution in [2.75, 3.05) is 20.3 Å². The molecule has 0 fully saturated rings. The van der Waals surface area contributed by atoms with Gasteiger partial charge < -0.3 is 10.1 Å². The van der Waals surface area contributed by atoms with Crippen LogP contribution >= 0.6 is 23.7 Å². The van der Waals surface area contributed by atoms with Crippen molar-refractivity contribution in [3.63, 3.8) is 0 Å². The highest BCUT2D eigenvalue weighted by atomic mass is 35.5. The summed E-state index contributed by atoms with van der Waals surface area (Å²) in [6, 6.07) is 1.14. The average Bonchev–Trinajstić information content (AvgIpc) is 2.92. The number of hydrogen-bond donors (Lipinski definition) is 2. The summed E-state index contributed by atoms with van der Waals surface area (Å²) in [6.07, 6.45) is 1.48. The number of sulfonamides is 1. The standard InChI is InChI=1S/C14H24N2O5S3.ClH/c1-4-6-14(9-21-3)8-11(16-5-2)10-7-12(24(15,19)20)22-13(10)23(14,17)18;/h7,11,16H,4-6,8-9H2,1-3H3,(H2,15,19,20);1H. The van der Waals surface area contributed by atoms with Crippen molar-refractivity contribution in [1.82, 2.24) is 5.32 Å². The molecular formula is C14H25ClN2O5S3. The predicted molar refractivity (Wildman–Crippen MR) is 101 cm³/mol. The molecular weight excluding hydrogens is 408 g/mol. The number of hydrogen-bond acceptors (Lipinski definition) is 7. The number of nitrogens with two attached hydrogens (primary N) is 1. The SMILES string of the molecule is CCCC1(COC)CC(NCC)c2cc(S(N)(=O)=O)sc2S1(=O)=O.Cl. The second-order valence-corrected chi connectivity index (χ2v) is 11.4. The fourth-order valence-electron chi connectivity index (χ4n) is 3.34. The minimum atomic E-state index is -3.95. The minimum Gasteiger partial charge on any atom is -0.383 e. The topological polar surface area (TPSA) is 116 Å². The van der Waals surface area contributed by atoms with Gasteiger partial charge in [0.15, 0.2) is 9.84 Å². The molecule has 3 N–H and O–H groups in total. The van der Waals surface area contributed by atoms with Gasteiger partial charge >= 0.3 is 0 Å². The number of methoxy groups -OCH3 is 1. The van der Waals surface area contributed by atoms with Crippen LogP contribution in [0.4, 0.5) is 0 Å². The lowest BCUT2D eigenvalue weighted by Crippen LogP contribution is -2.49. The van der Waals surface area contributed by atoms with E-state index in [1.54, 1.807) is 0 Å². The van der Waals surface area contributed by atoms with Gasteiger partial charge in [-0.1, -0.05) is 20.3 Å². The molecule has 25 heavy (non-hydrogen) atoms. The van der Waals surface area contributed by atoms with Crippen LogP contribution in [0.25, 0.3) is 0 Å². The average molecular weight is 433 g/mol. The predicted octanol–water partition coefficient (Wildman–Crippen LogP) is 1.83. The van der Waals surface area contributed by atoms with Crippen LogP contribution in [-0.4, -0.2) is 41.8 Å². The van der Waals surface area contributed by atoms with Gasteiger partial charge in [0.05, 0.1) is 6.61 Å². The molecule has 2 atom stereocenters. The van der Waals surface area contributed by atoms with Gasteiger partial charge in [-0.25, -0.2) is 22.0 Å². The summed E-state index contributed by atoms with van der Waals surface area (Å²) in [5.41, 5.74) is 0.494. The first-order chi connectivity index (χ1) is 11.1. The maximum absolute atomic E-state index is 13.3. The lowest BCUT2D eigenvalue weighted by Gasteiger charge is -2.39. The maximum Gasteiger partial charge on any atom is 0.247 e. The monoisotopic (exact) mass is 432 g/mol. The number of ether oxygens (including phenoxy) is 1. The Balaban J connectivity index is 0.00000312. The maximum atomic E-state index is 13.3. The quantitative estimate of drug-likeness (QED) is 0.679. The van der Waals surface area contributed by atoms with E-state index in [1.807, 2.05) is 13.8 Å². The van der Waals surface area contributed by atoms with E-state index in [1.165, 1.54) is 13.2 Å². The second-order valence-electron chi connectivity index (χ2n) is 6.04. The Morgan fingerprint density at radius 3 is 2.56 bits per heavy atom. The molecule has 0 saturated carbocycles. The smallest absolute Gasteiger partial charge is 0.247 e. The van der Waals surface area contributed by atoms with Gasteiger partial charge in [-0.05, 0) is 25.5 Å². The molecule has 2 heterocycles. The Morgan fingerprint density at radius 1 is 1.44 bits per heavy atom. The number of sulfone groups is 1. The Kier molecular flexibility index (Phi) is 7.48. The van der Waals surface area contributed by atoms with E-state index in [4.69, 9.17) is 9.88 Å². The number of thiophene rings is 1. The molecule has 0 amide bonds. The molecule has 1 aromatic rings. The molecule has 2 unspecified atom stereocenters. The Bertz CT molecular complexity index is 798. The molecule has 0 bridgehead atoms. The molecule has 1 aliphatic rings. The summed E-state index contributed by atoms with van der Waals surface area (Å²) in [6.45, 7) is 4.56. The number of fused-ring (bicyclic) bond motifs is 1. The van der Waals surface area contributed by atoms with Gasteiger partial charge in [-0.15, -0.1) is 23.7 Å². The molecule has 0 saturated heterocycles. The van der Waals surface area contributed by atoms with Crippen molar-refractivity contribution >= 4 is 43.6 Å². The molecule has 1 aliphatic heterocycles. The summed E-state index contributed by atoms with van der Waals surface area (Å²) < 4.78 is 54.1. The fourth-order valence-corrected chi connectivity index (χ4v) is 8.47. The van der Waals surface area contributed by atoms with Crippen LogP contribution in [0.5, 0.6) is 0 Å². The molecule has 0 aliphatic carbocycles. The third kappa shape index (κ3) is 4.05. The Morgan fingerprint density at radius 2 is 2.08 bits per heavy atom. The van der Waals surface area contributed by atoms with Gasteiger partial charge in [0.1, 0.15) is 13.2 Å². The lowest BCUT2D eigenvalue weighted by molar-refractivity contribution is 0.146. The third-order valence-corrected chi connectivity index (χ3v) is 9.94. The zero-order valence-electron chi connectivity index (χ0n) is 14.4. The lowest BCUT2D eigenvalue weighted by atomic mass is 9.91. The van der Waals surface area contributed by atoms with Crippen LogP contribution in [0.2, 0.25) is 0 Å². The fraction of sp³-hybridized carbons (Fsp3) is 0.714. The summed E-state index contributed by atoms with van der Waals surface area (Å²) in [5, 5.41) is 8.47. The van der Waals surface area contributed by atoms with E-state index in [0.29, 0.717) is 31.4 Å². The van der Waals surface area contributed by atoms with E-state index < -0.39 is 24.6 Å². The molecule has 2 rings (SSSR count). The van der Waals surface area contributed by atoms with Crippen molar-refractivity contribution in [3.05, 3.63) is 11.6 Å². The molecule has 1 aromatic heterocycles. The van der Waals surface area contributed by atoms with E-state index in [-0.39, 0.29) is 33.5 Å². The Labute approximate surface area is 159 Å². The first kappa shape index (κ1) is 22.8. The summed E-state index contributed by atoms with van der Waals surface area (Å²) in [4.78, 5) is 0. The molecule has 0 aromatic carbocycles. The van der Waals surface area contributed by atoms with Crippen LogP contribution < -0.4 is 10.5 Å². The second kappa shape index (κ2) is 8.20. The first-order valence-electron chi connectivity index (χ1n) is 7.76. The third-order valence-electron chi connectivity index (χ3n) is 4.31. The van der Waals surface area contributed by atoms with Crippen molar-refractivity contribution in [3.8, 4) is 0 Å². The summed E-state index contributed by atoms with van der Waals surface area (Å²) in [5.74, 6) is 0. The normalized spacial score (nSPS) is 25.2. The van der Waals surface area contributed by atoms with E-state index in [0.717, 1.165) is 11.3 Å². The van der Waals surface area contributed by atoms with Gasteiger partial charge in [0, 0.05) is 18.7 Å². The first-order valence-corrected chi connectivity index (χ1v) is 11.6. The van der Waals surface area contributed by atoms with Gasteiger partial charge in [0.25, 0.3) is 0 Å². The van der Waals surface area contributed by atoms with E-state index in [2.05, 4.69) is 5.32 Å². The van der Waals surface area contributed by atoms with Crippen LogP contribution in [0, 0.1) is 0 Å². The van der Waals surface area contributed by atoms with Crippen LogP contribution in [0.15, 0.2) is 14.5 Å². The van der Waals surface area contributed by atoms with E-state index >= 15 is 0 Å². The highest BCUT2D eigenvalue weighted by molar-refractivity contribution is 7.96. The molecule has 146 valence electrons. The summed E-state index contributed by atoms with van der Waals surface area (Å²) >= 11 is 0.736. The van der Waals surface area contributed by atoms with Crippen LogP contribution in [0.3, 0.4) is 0 Å². The summed E-state index contributed by atoms with van der Waals surface area (Å²) in [7, 11) is -6.20. The highest BCUT2D eigenvalue weighted by Gasteiger charge is 2.52. The highest BCUT2D eigenvalue weighted by Crippen LogP contribution is 2.49. The number of primary sulfonamides is 1. The van der Waals surface area contributed by atoms with Crippen molar-refractivity contribution in [2.45, 2.75) is 52.3 Å².